The largest absolute Gasteiger partial charge is 0.328 e. The van der Waals surface area contributed by atoms with E-state index in [0.29, 0.717) is 17.9 Å². The molecule has 0 fully saturated rings. The summed E-state index contributed by atoms with van der Waals surface area (Å²) in [5.41, 5.74) is 1.20. The molecule has 0 amide bonds. The molecule has 0 atom stereocenters. The molecule has 0 saturated carbocycles. The Morgan fingerprint density at radius 1 is 1.08 bits per heavy atom. The maximum absolute atomic E-state index is 12.4. The second-order valence-corrected chi connectivity index (χ2v) is 7.40. The third kappa shape index (κ3) is 4.04. The van der Waals surface area contributed by atoms with Crippen LogP contribution in [-0.4, -0.2) is 35.3 Å². The third-order valence-electron chi connectivity index (χ3n) is 3.83. The van der Waals surface area contributed by atoms with Gasteiger partial charge in [-0.25, -0.2) is 18.1 Å². The molecule has 1 N–H and O–H groups in total. The molecule has 0 unspecified atom stereocenters. The van der Waals surface area contributed by atoms with Gasteiger partial charge in [-0.15, -0.1) is 0 Å². The lowest BCUT2D eigenvalue weighted by molar-refractivity contribution is 0.101. The van der Waals surface area contributed by atoms with E-state index in [1.54, 1.807) is 18.6 Å². The number of aromatic nitrogens is 3. The van der Waals surface area contributed by atoms with Gasteiger partial charge in [0, 0.05) is 37.2 Å². The van der Waals surface area contributed by atoms with E-state index in [2.05, 4.69) is 14.7 Å². The predicted molar refractivity (Wildman–Crippen MR) is 97.1 cm³/mol. The first-order valence-electron chi connectivity index (χ1n) is 8.00. The van der Waals surface area contributed by atoms with Crippen LogP contribution in [0.25, 0.3) is 11.5 Å². The molecule has 0 aliphatic carbocycles. The van der Waals surface area contributed by atoms with Crippen LogP contribution in [0, 0.1) is 0 Å². The average molecular weight is 370 g/mol. The average Bonchev–Trinajstić information content (AvgIpc) is 3.11. The van der Waals surface area contributed by atoms with Gasteiger partial charge in [-0.2, -0.15) is 0 Å². The van der Waals surface area contributed by atoms with E-state index in [-0.39, 0.29) is 17.2 Å². The van der Waals surface area contributed by atoms with Gasteiger partial charge in [0.1, 0.15) is 5.69 Å². The van der Waals surface area contributed by atoms with Gasteiger partial charge in [0.05, 0.1) is 4.90 Å². The number of carbonyl (C=O) groups excluding carboxylic acids is 1. The lowest BCUT2D eigenvalue weighted by Crippen LogP contribution is -2.27. The minimum Gasteiger partial charge on any atom is -0.328 e. The molecule has 0 aliphatic rings. The first-order chi connectivity index (χ1) is 12.5. The summed E-state index contributed by atoms with van der Waals surface area (Å²) in [6.07, 6.45) is 5.11. The van der Waals surface area contributed by atoms with Crippen molar-refractivity contribution in [1.29, 1.82) is 0 Å². The lowest BCUT2D eigenvalue weighted by atomic mass is 10.2. The normalized spacial score (nSPS) is 11.4. The summed E-state index contributed by atoms with van der Waals surface area (Å²) in [6, 6.07) is 11.4. The fourth-order valence-electron chi connectivity index (χ4n) is 2.47. The smallest absolute Gasteiger partial charge is 0.240 e. The number of imidazole rings is 1. The second kappa shape index (κ2) is 7.59. The third-order valence-corrected chi connectivity index (χ3v) is 5.30. The summed E-state index contributed by atoms with van der Waals surface area (Å²) in [6.45, 7) is 2.05. The Morgan fingerprint density at radius 2 is 1.85 bits per heavy atom. The highest BCUT2D eigenvalue weighted by atomic mass is 32.2. The molecule has 0 spiro atoms. The van der Waals surface area contributed by atoms with Crippen molar-refractivity contribution in [1.82, 2.24) is 19.3 Å². The van der Waals surface area contributed by atoms with E-state index in [4.69, 9.17) is 0 Å². The standard InChI is InChI=1S/C18H18N4O3S/c1-14(23)15-5-7-16(8-6-15)26(24,25)21-11-13-22-12-10-20-18(22)17-4-2-3-9-19-17/h2-10,12,21H,11,13H2,1H3. The lowest BCUT2D eigenvalue weighted by Gasteiger charge is -2.10. The number of hydrogen-bond donors (Lipinski definition) is 1. The van der Waals surface area contributed by atoms with E-state index in [9.17, 15) is 13.2 Å². The van der Waals surface area contributed by atoms with Crippen LogP contribution < -0.4 is 4.72 Å². The molecule has 7 nitrogen and oxygen atoms in total. The number of carbonyl (C=O) groups is 1. The topological polar surface area (TPSA) is 94.0 Å². The number of nitrogens with one attached hydrogen (secondary N) is 1. The van der Waals surface area contributed by atoms with Gasteiger partial charge < -0.3 is 4.57 Å². The molecular formula is C18H18N4O3S. The number of benzene rings is 1. The van der Waals surface area contributed by atoms with E-state index in [1.807, 2.05) is 22.8 Å². The first-order valence-corrected chi connectivity index (χ1v) is 9.49. The number of nitrogens with zero attached hydrogens (tertiary/aromatic N) is 3. The van der Waals surface area contributed by atoms with Crippen molar-refractivity contribution < 1.29 is 13.2 Å². The second-order valence-electron chi connectivity index (χ2n) is 5.64. The summed E-state index contributed by atoms with van der Waals surface area (Å²) in [5, 5.41) is 0. The van der Waals surface area contributed by atoms with Gasteiger partial charge in [-0.05, 0) is 31.2 Å². The molecule has 2 heterocycles. The zero-order chi connectivity index (χ0) is 18.6. The predicted octanol–water partition coefficient (Wildman–Crippen LogP) is 2.13. The van der Waals surface area contributed by atoms with Crippen molar-refractivity contribution in [2.24, 2.45) is 0 Å². The van der Waals surface area contributed by atoms with Crippen LogP contribution in [0.1, 0.15) is 17.3 Å². The molecule has 3 rings (SSSR count). The van der Waals surface area contributed by atoms with E-state index in [1.165, 1.54) is 31.2 Å². The van der Waals surface area contributed by atoms with Gasteiger partial charge in [-0.3, -0.25) is 9.78 Å². The maximum Gasteiger partial charge on any atom is 0.240 e. The molecule has 3 aromatic rings. The monoisotopic (exact) mass is 370 g/mol. The first kappa shape index (κ1) is 18.0. The molecular weight excluding hydrogens is 352 g/mol. The van der Waals surface area contributed by atoms with Crippen LogP contribution in [-0.2, 0) is 16.6 Å². The van der Waals surface area contributed by atoms with Crippen molar-refractivity contribution in [3.05, 3.63) is 66.6 Å². The molecule has 1 aromatic carbocycles. The molecule has 2 aromatic heterocycles. The Morgan fingerprint density at radius 3 is 2.50 bits per heavy atom. The van der Waals surface area contributed by atoms with Crippen LogP contribution in [0.5, 0.6) is 0 Å². The van der Waals surface area contributed by atoms with Crippen molar-refractivity contribution in [2.75, 3.05) is 6.54 Å². The van der Waals surface area contributed by atoms with Gasteiger partial charge in [-0.1, -0.05) is 18.2 Å². The summed E-state index contributed by atoms with van der Waals surface area (Å²) in [4.78, 5) is 19.9. The van der Waals surface area contributed by atoms with Gasteiger partial charge >= 0.3 is 0 Å². The number of pyridine rings is 1. The SMILES string of the molecule is CC(=O)c1ccc(S(=O)(=O)NCCn2ccnc2-c2ccccn2)cc1. The van der Waals surface area contributed by atoms with E-state index in [0.717, 1.165) is 5.69 Å². The van der Waals surface area contributed by atoms with Gasteiger partial charge in [0.25, 0.3) is 0 Å². The molecule has 0 aliphatic heterocycles. The molecule has 0 saturated heterocycles. The number of sulfonamides is 1. The number of rotatable bonds is 7. The highest BCUT2D eigenvalue weighted by molar-refractivity contribution is 7.89. The Hall–Kier alpha value is -2.84. The molecule has 8 heteroatoms. The molecule has 134 valence electrons. The minimum atomic E-state index is -3.64. The maximum atomic E-state index is 12.4. The summed E-state index contributed by atoms with van der Waals surface area (Å²) >= 11 is 0. The summed E-state index contributed by atoms with van der Waals surface area (Å²) in [5.74, 6) is 0.569. The van der Waals surface area contributed by atoms with Crippen molar-refractivity contribution in [3.8, 4) is 11.5 Å². The van der Waals surface area contributed by atoms with Crippen LogP contribution in [0.2, 0.25) is 0 Å². The van der Waals surface area contributed by atoms with Crippen molar-refractivity contribution >= 4 is 15.8 Å². The Balaban J connectivity index is 1.66. The van der Waals surface area contributed by atoms with Crippen LogP contribution in [0.3, 0.4) is 0 Å². The molecule has 26 heavy (non-hydrogen) atoms. The van der Waals surface area contributed by atoms with Crippen LogP contribution in [0.4, 0.5) is 0 Å². The molecule has 0 bridgehead atoms. The van der Waals surface area contributed by atoms with Crippen molar-refractivity contribution in [2.45, 2.75) is 18.4 Å². The quantitative estimate of drug-likeness (QED) is 0.643. The van der Waals surface area contributed by atoms with Crippen molar-refractivity contribution in [3.63, 3.8) is 0 Å². The number of ketones is 1. The molecule has 0 radical (unpaired) electrons. The fourth-order valence-corrected chi connectivity index (χ4v) is 3.49. The minimum absolute atomic E-state index is 0.107. The fraction of sp³-hybridized carbons (Fsp3) is 0.167. The number of hydrogen-bond acceptors (Lipinski definition) is 5. The van der Waals surface area contributed by atoms with Crippen LogP contribution >= 0.6 is 0 Å². The zero-order valence-corrected chi connectivity index (χ0v) is 15.0. The Kier molecular flexibility index (Phi) is 5.24. The summed E-state index contributed by atoms with van der Waals surface area (Å²) < 4.78 is 29.1. The van der Waals surface area contributed by atoms with Gasteiger partial charge in [0.2, 0.25) is 10.0 Å². The Bertz CT molecular complexity index is 996. The number of Topliss-reactive ketones (excluding diaryl/α,β-unsaturated/α-hetero) is 1. The summed E-state index contributed by atoms with van der Waals surface area (Å²) in [7, 11) is -3.64. The highest BCUT2D eigenvalue weighted by Crippen LogP contribution is 2.14. The highest BCUT2D eigenvalue weighted by Gasteiger charge is 2.14. The van der Waals surface area contributed by atoms with Gasteiger partial charge in [0.15, 0.2) is 11.6 Å². The Labute approximate surface area is 151 Å². The zero-order valence-electron chi connectivity index (χ0n) is 14.2. The van der Waals surface area contributed by atoms with E-state index >= 15 is 0 Å². The van der Waals surface area contributed by atoms with E-state index < -0.39 is 10.0 Å². The van der Waals surface area contributed by atoms with Crippen LogP contribution in [0.15, 0.2) is 66.0 Å².